The Morgan fingerprint density at radius 2 is 0.672 bits per heavy atom. The summed E-state index contributed by atoms with van der Waals surface area (Å²) < 4.78 is 4.79. The SMILES string of the molecule is [C-]#[N+]c1cccc(-c2ccc(-n3c4ccccc4c4ccccc43)c(-c3cc(-c4nc(-c5ccccc5)nc(-c5ccccc5)n4)ccc3-n3c4ccccc4c4ccccc43)c2)c1. The van der Waals surface area contributed by atoms with Crippen molar-refractivity contribution in [2.24, 2.45) is 0 Å². The normalized spacial score (nSPS) is 11.4. The quantitative estimate of drug-likeness (QED) is 0.151. The molecule has 9 aromatic carbocycles. The van der Waals surface area contributed by atoms with Gasteiger partial charge in [0.1, 0.15) is 0 Å². The molecule has 0 saturated heterocycles. The molecule has 6 nitrogen and oxygen atoms in total. The van der Waals surface area contributed by atoms with Gasteiger partial charge in [0, 0.05) is 49.4 Å². The Morgan fingerprint density at radius 1 is 0.312 bits per heavy atom. The topological polar surface area (TPSA) is 52.9 Å². The number of aromatic nitrogens is 5. The van der Waals surface area contributed by atoms with Crippen LogP contribution in [0.15, 0.2) is 218 Å². The lowest BCUT2D eigenvalue weighted by Gasteiger charge is -2.21. The fourth-order valence-electron chi connectivity index (χ4n) is 9.27. The van der Waals surface area contributed by atoms with E-state index in [9.17, 15) is 0 Å². The van der Waals surface area contributed by atoms with Gasteiger partial charge in [0.05, 0.1) is 40.0 Å². The van der Waals surface area contributed by atoms with Crippen LogP contribution in [0.25, 0.3) is 116 Å². The van der Waals surface area contributed by atoms with Gasteiger partial charge >= 0.3 is 0 Å². The van der Waals surface area contributed by atoms with Crippen LogP contribution in [0.3, 0.4) is 0 Å². The summed E-state index contributed by atoms with van der Waals surface area (Å²) in [4.78, 5) is 19.2. The molecule has 64 heavy (non-hydrogen) atoms. The number of rotatable bonds is 7. The van der Waals surface area contributed by atoms with Gasteiger partial charge in [0.25, 0.3) is 0 Å². The third kappa shape index (κ3) is 6.14. The number of hydrogen-bond acceptors (Lipinski definition) is 3. The van der Waals surface area contributed by atoms with E-state index in [-0.39, 0.29) is 0 Å². The van der Waals surface area contributed by atoms with Gasteiger partial charge < -0.3 is 9.13 Å². The Balaban J connectivity index is 1.21. The summed E-state index contributed by atoms with van der Waals surface area (Å²) in [7, 11) is 0. The van der Waals surface area contributed by atoms with Gasteiger partial charge in [-0.1, -0.05) is 158 Å². The van der Waals surface area contributed by atoms with Crippen LogP contribution >= 0.6 is 0 Å². The van der Waals surface area contributed by atoms with Crippen molar-refractivity contribution in [3.8, 4) is 67.8 Å². The Morgan fingerprint density at radius 3 is 1.12 bits per heavy atom. The molecule has 3 aromatic heterocycles. The van der Waals surface area contributed by atoms with Crippen LogP contribution in [0, 0.1) is 6.57 Å². The third-order valence-corrected chi connectivity index (χ3v) is 12.2. The van der Waals surface area contributed by atoms with E-state index in [0.29, 0.717) is 23.2 Å². The molecule has 12 rings (SSSR count). The summed E-state index contributed by atoms with van der Waals surface area (Å²) in [6, 6.07) is 75.9. The summed E-state index contributed by atoms with van der Waals surface area (Å²) in [5.74, 6) is 1.78. The van der Waals surface area contributed by atoms with E-state index in [2.05, 4.69) is 154 Å². The minimum absolute atomic E-state index is 0.571. The van der Waals surface area contributed by atoms with E-state index < -0.39 is 0 Å². The number of nitrogens with zero attached hydrogens (tertiary/aromatic N) is 6. The summed E-state index contributed by atoms with van der Waals surface area (Å²) in [6.45, 7) is 7.85. The summed E-state index contributed by atoms with van der Waals surface area (Å²) >= 11 is 0. The van der Waals surface area contributed by atoms with Gasteiger partial charge in [-0.05, 0) is 71.8 Å². The van der Waals surface area contributed by atoms with Crippen molar-refractivity contribution in [1.82, 2.24) is 24.1 Å². The first kappa shape index (κ1) is 36.9. The summed E-state index contributed by atoms with van der Waals surface area (Å²) in [5, 5.41) is 4.72. The van der Waals surface area contributed by atoms with Crippen molar-refractivity contribution in [3.05, 3.63) is 230 Å². The molecule has 0 amide bonds. The molecular formula is C58H36N6. The molecule has 0 spiro atoms. The second kappa shape index (κ2) is 15.2. The molecule has 6 heteroatoms. The van der Waals surface area contributed by atoms with Crippen molar-refractivity contribution in [2.75, 3.05) is 0 Å². The van der Waals surface area contributed by atoms with Gasteiger partial charge in [-0.15, -0.1) is 0 Å². The van der Waals surface area contributed by atoms with E-state index >= 15 is 0 Å². The van der Waals surface area contributed by atoms with Gasteiger partial charge in [-0.3, -0.25) is 0 Å². The zero-order chi connectivity index (χ0) is 42.6. The van der Waals surface area contributed by atoms with Crippen LogP contribution in [-0.2, 0) is 0 Å². The molecule has 12 aromatic rings. The second-order valence-corrected chi connectivity index (χ2v) is 15.9. The number of hydrogen-bond donors (Lipinski definition) is 0. The number of benzene rings is 9. The highest BCUT2D eigenvalue weighted by Crippen LogP contribution is 2.44. The summed E-state index contributed by atoms with van der Waals surface area (Å²) in [5.41, 5.74) is 13.7. The monoisotopic (exact) mass is 816 g/mol. The predicted octanol–water partition coefficient (Wildman–Crippen LogP) is 15.0. The molecule has 0 aliphatic carbocycles. The zero-order valence-electron chi connectivity index (χ0n) is 34.5. The van der Waals surface area contributed by atoms with E-state index in [4.69, 9.17) is 21.5 Å². The summed E-state index contributed by atoms with van der Waals surface area (Å²) in [6.07, 6.45) is 0. The molecule has 298 valence electrons. The van der Waals surface area contributed by atoms with Crippen LogP contribution in [0.1, 0.15) is 0 Å². The van der Waals surface area contributed by atoms with E-state index in [1.54, 1.807) is 0 Å². The minimum atomic E-state index is 0.571. The van der Waals surface area contributed by atoms with Crippen LogP contribution in [0.5, 0.6) is 0 Å². The average Bonchev–Trinajstić information content (AvgIpc) is 3.89. The first-order chi connectivity index (χ1) is 31.7. The van der Waals surface area contributed by atoms with Gasteiger partial charge in [0.15, 0.2) is 23.2 Å². The van der Waals surface area contributed by atoms with Crippen molar-refractivity contribution >= 4 is 49.3 Å². The fourth-order valence-corrected chi connectivity index (χ4v) is 9.27. The molecular weight excluding hydrogens is 781 g/mol. The number of fused-ring (bicyclic) bond motifs is 6. The molecule has 0 N–H and O–H groups in total. The maximum absolute atomic E-state index is 7.85. The first-order valence-corrected chi connectivity index (χ1v) is 21.3. The average molecular weight is 817 g/mol. The Bertz CT molecular complexity index is 3640. The molecule has 0 bridgehead atoms. The smallest absolute Gasteiger partial charge is 0.187 e. The number of para-hydroxylation sites is 4. The van der Waals surface area contributed by atoms with Gasteiger partial charge in [0.2, 0.25) is 0 Å². The van der Waals surface area contributed by atoms with Gasteiger partial charge in [-0.25, -0.2) is 19.8 Å². The van der Waals surface area contributed by atoms with E-state index in [0.717, 1.165) is 72.4 Å². The highest BCUT2D eigenvalue weighted by atomic mass is 15.0. The fraction of sp³-hybridized carbons (Fsp3) is 0. The molecule has 0 radical (unpaired) electrons. The molecule has 0 aliphatic rings. The van der Waals surface area contributed by atoms with Gasteiger partial charge in [-0.2, -0.15) is 0 Å². The molecule has 3 heterocycles. The maximum Gasteiger partial charge on any atom is 0.187 e. The van der Waals surface area contributed by atoms with Crippen molar-refractivity contribution in [2.45, 2.75) is 0 Å². The highest BCUT2D eigenvalue weighted by Gasteiger charge is 2.23. The lowest BCUT2D eigenvalue weighted by Crippen LogP contribution is -2.04. The maximum atomic E-state index is 7.85. The largest absolute Gasteiger partial charge is 0.309 e. The minimum Gasteiger partial charge on any atom is -0.309 e. The second-order valence-electron chi connectivity index (χ2n) is 15.9. The molecule has 0 saturated carbocycles. The van der Waals surface area contributed by atoms with Crippen LogP contribution in [0.4, 0.5) is 5.69 Å². The highest BCUT2D eigenvalue weighted by molar-refractivity contribution is 6.11. The van der Waals surface area contributed by atoms with Crippen molar-refractivity contribution in [1.29, 1.82) is 0 Å². The Hall–Kier alpha value is -8.92. The predicted molar refractivity (Wildman–Crippen MR) is 262 cm³/mol. The molecule has 0 atom stereocenters. The van der Waals surface area contributed by atoms with Crippen LogP contribution < -0.4 is 0 Å². The van der Waals surface area contributed by atoms with E-state index in [1.165, 1.54) is 21.5 Å². The first-order valence-electron chi connectivity index (χ1n) is 21.3. The third-order valence-electron chi connectivity index (χ3n) is 12.2. The molecule has 0 fully saturated rings. The van der Waals surface area contributed by atoms with E-state index in [1.807, 2.05) is 78.9 Å². The molecule has 0 aliphatic heterocycles. The van der Waals surface area contributed by atoms with Crippen molar-refractivity contribution < 1.29 is 0 Å². The Kier molecular flexibility index (Phi) is 8.77. The molecule has 0 unspecified atom stereocenters. The lowest BCUT2D eigenvalue weighted by molar-refractivity contribution is 1.07. The standard InChI is InChI=1S/C58H36N6/c1-59-43-22-16-21-40(35-43)41-31-33-54(63-50-27-12-8-23-44(50)45-24-9-13-28-51(45)63)48(36-41)49-37-42(32-34-55(49)64-52-29-14-10-25-46(52)47-26-11-15-30-53(47)64)58-61-56(38-17-4-2-5-18-38)60-57(62-58)39-19-6-3-7-20-39/h2-37H. The Labute approximate surface area is 369 Å². The van der Waals surface area contributed by atoms with Crippen LogP contribution in [-0.4, -0.2) is 24.1 Å². The van der Waals surface area contributed by atoms with Crippen LogP contribution in [0.2, 0.25) is 0 Å². The lowest BCUT2D eigenvalue weighted by atomic mass is 9.94. The zero-order valence-corrected chi connectivity index (χ0v) is 34.5. The van der Waals surface area contributed by atoms with Crippen molar-refractivity contribution in [3.63, 3.8) is 0 Å².